The van der Waals surface area contributed by atoms with Gasteiger partial charge in [0.05, 0.1) is 17.1 Å². The third-order valence-electron chi connectivity index (χ3n) is 5.26. The molecule has 1 atom stereocenters. The number of hydrogen-bond acceptors (Lipinski definition) is 4. The molecule has 2 aromatic heterocycles. The molecule has 1 unspecified atom stereocenters. The molecule has 1 amide bonds. The van der Waals surface area contributed by atoms with Gasteiger partial charge >= 0.3 is 0 Å². The quantitative estimate of drug-likeness (QED) is 0.914. The third-order valence-corrected chi connectivity index (χ3v) is 6.49. The van der Waals surface area contributed by atoms with E-state index in [1.807, 2.05) is 24.4 Å². The number of pyridine rings is 1. The molecule has 1 N–H and O–H groups in total. The van der Waals surface area contributed by atoms with Crippen molar-refractivity contribution in [2.75, 3.05) is 13.1 Å². The predicted octanol–water partition coefficient (Wildman–Crippen LogP) is 3.42. The van der Waals surface area contributed by atoms with Gasteiger partial charge in [0.2, 0.25) is 0 Å². The predicted molar refractivity (Wildman–Crippen MR) is 101 cm³/mol. The lowest BCUT2D eigenvalue weighted by Gasteiger charge is -2.30. The smallest absolute Gasteiger partial charge is 0.264 e. The molecule has 0 bridgehead atoms. The number of aromatic nitrogens is 1. The summed E-state index contributed by atoms with van der Waals surface area (Å²) in [5.41, 5.74) is 2.37. The van der Waals surface area contributed by atoms with Crippen molar-refractivity contribution in [1.29, 1.82) is 0 Å². The van der Waals surface area contributed by atoms with E-state index in [4.69, 9.17) is 0 Å². The minimum Gasteiger partial charge on any atom is -0.329 e. The lowest BCUT2D eigenvalue weighted by atomic mass is 10.1. The Labute approximate surface area is 153 Å². The number of aryl methyl sites for hydroxylation is 2. The highest BCUT2D eigenvalue weighted by Crippen LogP contribution is 2.32. The monoisotopic (exact) mass is 355 g/mol. The molecule has 25 heavy (non-hydrogen) atoms. The zero-order valence-electron chi connectivity index (χ0n) is 14.5. The first-order valence-corrected chi connectivity index (χ1v) is 10.2. The molecule has 4 rings (SSSR count). The van der Waals surface area contributed by atoms with E-state index in [0.29, 0.717) is 12.6 Å². The maximum absolute atomic E-state index is 13.4. The fourth-order valence-corrected chi connectivity index (χ4v) is 5.13. The molecule has 0 radical (unpaired) electrons. The van der Waals surface area contributed by atoms with Crippen molar-refractivity contribution in [3.05, 3.63) is 51.5 Å². The molecule has 2 aromatic rings. The SMILES string of the molecule is O=C(c1cc2c(s1)CCC2)N(Cc1ccccn1)C1CCCNCC1. The highest BCUT2D eigenvalue weighted by atomic mass is 32.1. The lowest BCUT2D eigenvalue weighted by Crippen LogP contribution is -2.40. The van der Waals surface area contributed by atoms with Crippen LogP contribution in [0.2, 0.25) is 0 Å². The Bertz CT molecular complexity index is 698. The van der Waals surface area contributed by atoms with Crippen molar-refractivity contribution < 1.29 is 4.79 Å². The maximum Gasteiger partial charge on any atom is 0.264 e. The standard InChI is InChI=1S/C20H25N3OS/c24-20(19-13-15-5-3-8-18(15)25-19)23(14-16-6-1-2-11-22-16)17-7-4-10-21-12-9-17/h1-2,6,11,13,17,21H,3-5,7-10,12,14H2. The van der Waals surface area contributed by atoms with E-state index in [1.165, 1.54) is 16.9 Å². The number of thiophene rings is 1. The minimum absolute atomic E-state index is 0.192. The topological polar surface area (TPSA) is 45.2 Å². The van der Waals surface area contributed by atoms with Gasteiger partial charge in [-0.15, -0.1) is 11.3 Å². The summed E-state index contributed by atoms with van der Waals surface area (Å²) in [6, 6.07) is 8.38. The van der Waals surface area contributed by atoms with Gasteiger partial charge in [-0.25, -0.2) is 0 Å². The van der Waals surface area contributed by atoms with Crippen molar-refractivity contribution in [1.82, 2.24) is 15.2 Å². The Morgan fingerprint density at radius 1 is 1.24 bits per heavy atom. The van der Waals surface area contributed by atoms with Crippen LogP contribution < -0.4 is 5.32 Å². The van der Waals surface area contributed by atoms with Crippen LogP contribution in [0.4, 0.5) is 0 Å². The normalized spacial score (nSPS) is 20.1. The summed E-state index contributed by atoms with van der Waals surface area (Å²) >= 11 is 1.71. The Hall–Kier alpha value is -1.72. The van der Waals surface area contributed by atoms with E-state index in [0.717, 1.165) is 55.8 Å². The number of nitrogens with one attached hydrogen (secondary N) is 1. The second-order valence-corrected chi connectivity index (χ2v) is 8.14. The summed E-state index contributed by atoms with van der Waals surface area (Å²) < 4.78 is 0. The largest absolute Gasteiger partial charge is 0.329 e. The fourth-order valence-electron chi connectivity index (χ4n) is 3.92. The van der Waals surface area contributed by atoms with Crippen molar-refractivity contribution in [3.8, 4) is 0 Å². The fraction of sp³-hybridized carbons (Fsp3) is 0.500. The minimum atomic E-state index is 0.192. The Kier molecular flexibility index (Phi) is 5.13. The van der Waals surface area contributed by atoms with Gasteiger partial charge in [-0.05, 0) is 75.4 Å². The molecule has 3 heterocycles. The van der Waals surface area contributed by atoms with Gasteiger partial charge in [-0.3, -0.25) is 9.78 Å². The highest BCUT2D eigenvalue weighted by molar-refractivity contribution is 7.14. The second kappa shape index (κ2) is 7.67. The van der Waals surface area contributed by atoms with Gasteiger partial charge in [-0.2, -0.15) is 0 Å². The number of hydrogen-bond donors (Lipinski definition) is 1. The molecule has 1 saturated heterocycles. The van der Waals surface area contributed by atoms with E-state index >= 15 is 0 Å². The molecule has 1 aliphatic heterocycles. The van der Waals surface area contributed by atoms with Crippen LogP contribution in [0.1, 0.15) is 51.5 Å². The van der Waals surface area contributed by atoms with E-state index in [9.17, 15) is 4.79 Å². The second-order valence-electron chi connectivity index (χ2n) is 7.00. The number of carbonyl (C=O) groups excluding carboxylic acids is 1. The lowest BCUT2D eigenvalue weighted by molar-refractivity contribution is 0.0647. The summed E-state index contributed by atoms with van der Waals surface area (Å²) in [5, 5.41) is 3.46. The molecular weight excluding hydrogens is 330 g/mol. The molecular formula is C20H25N3OS. The van der Waals surface area contributed by atoms with Crippen LogP contribution in [0, 0.1) is 0 Å². The van der Waals surface area contributed by atoms with Crippen LogP contribution in [0.25, 0.3) is 0 Å². The number of nitrogens with zero attached hydrogens (tertiary/aromatic N) is 2. The van der Waals surface area contributed by atoms with Crippen molar-refractivity contribution in [3.63, 3.8) is 0 Å². The third kappa shape index (κ3) is 3.77. The Morgan fingerprint density at radius 3 is 3.04 bits per heavy atom. The molecule has 1 fully saturated rings. The van der Waals surface area contributed by atoms with E-state index in [-0.39, 0.29) is 5.91 Å². The number of rotatable bonds is 4. The maximum atomic E-state index is 13.4. The molecule has 5 heteroatoms. The van der Waals surface area contributed by atoms with Crippen LogP contribution in [0.5, 0.6) is 0 Å². The van der Waals surface area contributed by atoms with E-state index in [1.54, 1.807) is 11.3 Å². The molecule has 0 spiro atoms. The van der Waals surface area contributed by atoms with Crippen LogP contribution in [0.3, 0.4) is 0 Å². The molecule has 2 aliphatic rings. The Morgan fingerprint density at radius 2 is 2.20 bits per heavy atom. The van der Waals surface area contributed by atoms with Crippen molar-refractivity contribution in [2.24, 2.45) is 0 Å². The summed E-state index contributed by atoms with van der Waals surface area (Å²) in [5.74, 6) is 0.192. The zero-order valence-corrected chi connectivity index (χ0v) is 15.4. The summed E-state index contributed by atoms with van der Waals surface area (Å²) in [6.07, 6.45) is 8.53. The number of amides is 1. The first kappa shape index (κ1) is 16.7. The molecule has 0 saturated carbocycles. The van der Waals surface area contributed by atoms with Gasteiger partial charge in [-0.1, -0.05) is 6.07 Å². The van der Waals surface area contributed by atoms with Gasteiger partial charge < -0.3 is 10.2 Å². The zero-order chi connectivity index (χ0) is 17.1. The molecule has 0 aromatic carbocycles. The summed E-state index contributed by atoms with van der Waals surface area (Å²) in [6.45, 7) is 2.64. The van der Waals surface area contributed by atoms with E-state index in [2.05, 4.69) is 21.3 Å². The van der Waals surface area contributed by atoms with Gasteiger partial charge in [0.1, 0.15) is 0 Å². The first-order chi connectivity index (χ1) is 12.3. The average Bonchev–Trinajstić information content (AvgIpc) is 3.13. The summed E-state index contributed by atoms with van der Waals surface area (Å²) in [4.78, 5) is 22.2. The molecule has 4 nitrogen and oxygen atoms in total. The van der Waals surface area contributed by atoms with Crippen LogP contribution in [-0.4, -0.2) is 34.9 Å². The summed E-state index contributed by atoms with van der Waals surface area (Å²) in [7, 11) is 0. The number of fused-ring (bicyclic) bond motifs is 1. The molecule has 1 aliphatic carbocycles. The van der Waals surface area contributed by atoms with Crippen LogP contribution >= 0.6 is 11.3 Å². The average molecular weight is 356 g/mol. The van der Waals surface area contributed by atoms with Gasteiger partial charge in [0, 0.05) is 17.1 Å². The van der Waals surface area contributed by atoms with Gasteiger partial charge in [0.15, 0.2) is 0 Å². The van der Waals surface area contributed by atoms with Crippen molar-refractivity contribution >= 4 is 17.2 Å². The molecule has 132 valence electrons. The first-order valence-electron chi connectivity index (χ1n) is 9.34. The Balaban J connectivity index is 1.59. The van der Waals surface area contributed by atoms with Crippen LogP contribution in [0.15, 0.2) is 30.5 Å². The number of carbonyl (C=O) groups is 1. The van der Waals surface area contributed by atoms with E-state index < -0.39 is 0 Å². The van der Waals surface area contributed by atoms with Crippen LogP contribution in [-0.2, 0) is 19.4 Å². The van der Waals surface area contributed by atoms with Crippen molar-refractivity contribution in [2.45, 2.75) is 51.1 Å². The highest BCUT2D eigenvalue weighted by Gasteiger charge is 2.28. The van der Waals surface area contributed by atoms with Gasteiger partial charge in [0.25, 0.3) is 5.91 Å².